The quantitative estimate of drug-likeness (QED) is 0.576. The van der Waals surface area contributed by atoms with Crippen molar-refractivity contribution in [3.63, 3.8) is 0 Å². The molecule has 0 saturated heterocycles. The van der Waals surface area contributed by atoms with Crippen molar-refractivity contribution in [3.05, 3.63) is 18.2 Å². The van der Waals surface area contributed by atoms with Gasteiger partial charge in [0.1, 0.15) is 10.6 Å². The molecule has 0 aromatic heterocycles. The van der Waals surface area contributed by atoms with Gasteiger partial charge in [-0.2, -0.15) is 8.42 Å². The highest BCUT2D eigenvalue weighted by atomic mass is 32.3. The Morgan fingerprint density at radius 2 is 2.08 bits per heavy atom. The predicted octanol–water partition coefficient (Wildman–Crippen LogP) is 0.936. The minimum Gasteiger partial charge on any atom is -0.495 e. The molecule has 1 rings (SSSR count). The summed E-state index contributed by atoms with van der Waals surface area (Å²) in [5.74, 6) is -0.0586. The van der Waals surface area contributed by atoms with Crippen LogP contribution in [0.4, 0.5) is 9.57 Å². The first kappa shape index (κ1) is 9.79. The third-order valence-electron chi connectivity index (χ3n) is 1.45. The zero-order valence-electron chi connectivity index (χ0n) is 6.82. The number of benzene rings is 1. The maximum absolute atomic E-state index is 12.6. The van der Waals surface area contributed by atoms with Crippen molar-refractivity contribution in [3.8, 4) is 5.75 Å². The lowest BCUT2D eigenvalue weighted by Gasteiger charge is -2.04. The molecule has 0 atom stereocenters. The molecular weight excluding hydrogens is 197 g/mol. The third-order valence-corrected chi connectivity index (χ3v) is 2.29. The molecule has 0 unspecified atom stereocenters. The summed E-state index contributed by atoms with van der Waals surface area (Å²) < 4.78 is 38.4. The minimum absolute atomic E-state index is 0.0586. The number of ether oxygens (including phenoxy) is 1. The number of anilines is 1. The van der Waals surface area contributed by atoms with Crippen LogP contribution in [0.1, 0.15) is 0 Å². The first-order valence-electron chi connectivity index (χ1n) is 3.33. The molecule has 0 amide bonds. The van der Waals surface area contributed by atoms with Gasteiger partial charge in [-0.05, 0) is 18.2 Å². The Bertz CT molecular complexity index is 416. The number of rotatable bonds is 2. The minimum atomic E-state index is -4.77. The zero-order valence-corrected chi connectivity index (χ0v) is 7.64. The van der Waals surface area contributed by atoms with Gasteiger partial charge in [-0.3, -0.25) is 0 Å². The van der Waals surface area contributed by atoms with E-state index >= 15 is 0 Å². The van der Waals surface area contributed by atoms with Gasteiger partial charge in [0.15, 0.2) is 0 Å². The van der Waals surface area contributed by atoms with Crippen LogP contribution in [0.2, 0.25) is 0 Å². The van der Waals surface area contributed by atoms with Crippen molar-refractivity contribution in [2.24, 2.45) is 0 Å². The fourth-order valence-electron chi connectivity index (χ4n) is 0.884. The first-order valence-corrected chi connectivity index (χ1v) is 4.71. The summed E-state index contributed by atoms with van der Waals surface area (Å²) in [4.78, 5) is -0.546. The van der Waals surface area contributed by atoms with Crippen LogP contribution in [0.15, 0.2) is 23.1 Å². The molecule has 6 heteroatoms. The summed E-state index contributed by atoms with van der Waals surface area (Å²) in [5.41, 5.74) is 5.46. The second-order valence-corrected chi connectivity index (χ2v) is 3.66. The number of methoxy groups -OCH3 is 1. The van der Waals surface area contributed by atoms with Crippen molar-refractivity contribution >= 4 is 15.9 Å². The van der Waals surface area contributed by atoms with Crippen LogP contribution in [0, 0.1) is 0 Å². The lowest BCUT2D eigenvalue weighted by atomic mass is 10.3. The molecule has 13 heavy (non-hydrogen) atoms. The van der Waals surface area contributed by atoms with Gasteiger partial charge >= 0.3 is 10.2 Å². The first-order chi connectivity index (χ1) is 5.95. The Labute approximate surface area is 75.3 Å². The second kappa shape index (κ2) is 3.21. The molecule has 0 aliphatic carbocycles. The second-order valence-electron chi connectivity index (χ2n) is 2.35. The van der Waals surface area contributed by atoms with E-state index in [1.165, 1.54) is 19.2 Å². The molecule has 2 N–H and O–H groups in total. The van der Waals surface area contributed by atoms with Gasteiger partial charge in [-0.15, -0.1) is 3.89 Å². The average molecular weight is 205 g/mol. The topological polar surface area (TPSA) is 69.4 Å². The standard InChI is InChI=1S/C7H8FNO3S/c1-12-6-3-2-5(9)4-7(6)13(8,10)11/h2-4H,9H2,1H3. The van der Waals surface area contributed by atoms with Gasteiger partial charge in [0.25, 0.3) is 0 Å². The number of hydrogen-bond acceptors (Lipinski definition) is 4. The van der Waals surface area contributed by atoms with Gasteiger partial charge < -0.3 is 10.5 Å². The maximum atomic E-state index is 12.6. The summed E-state index contributed by atoms with van der Waals surface area (Å²) in [5, 5.41) is 0. The molecule has 0 aliphatic heterocycles. The fourth-order valence-corrected chi connectivity index (χ4v) is 1.55. The van der Waals surface area contributed by atoms with Crippen LogP contribution in [-0.4, -0.2) is 15.5 Å². The molecule has 0 fully saturated rings. The Balaban J connectivity index is 3.41. The van der Waals surface area contributed by atoms with Crippen molar-refractivity contribution in [1.82, 2.24) is 0 Å². The highest BCUT2D eigenvalue weighted by Gasteiger charge is 2.18. The Kier molecular flexibility index (Phi) is 2.42. The van der Waals surface area contributed by atoms with Gasteiger partial charge in [0.2, 0.25) is 0 Å². The van der Waals surface area contributed by atoms with Crippen LogP contribution >= 0.6 is 0 Å². The van der Waals surface area contributed by atoms with Gasteiger partial charge in [-0.25, -0.2) is 0 Å². The van der Waals surface area contributed by atoms with Crippen LogP contribution in [0.25, 0.3) is 0 Å². The van der Waals surface area contributed by atoms with E-state index in [4.69, 9.17) is 5.73 Å². The molecule has 72 valence electrons. The van der Waals surface area contributed by atoms with E-state index < -0.39 is 15.1 Å². The van der Waals surface area contributed by atoms with Crippen LogP contribution < -0.4 is 10.5 Å². The van der Waals surface area contributed by atoms with E-state index in [1.54, 1.807) is 0 Å². The average Bonchev–Trinajstić information content (AvgIpc) is 2.03. The largest absolute Gasteiger partial charge is 0.495 e. The van der Waals surface area contributed by atoms with E-state index in [9.17, 15) is 12.3 Å². The molecule has 4 nitrogen and oxygen atoms in total. The van der Waals surface area contributed by atoms with E-state index in [0.717, 1.165) is 6.07 Å². The lowest BCUT2D eigenvalue weighted by Crippen LogP contribution is -1.98. The molecule has 0 radical (unpaired) electrons. The van der Waals surface area contributed by atoms with Gasteiger partial charge in [0.05, 0.1) is 7.11 Å². The Hall–Kier alpha value is -1.30. The number of nitrogens with two attached hydrogens (primary N) is 1. The summed E-state index contributed by atoms with van der Waals surface area (Å²) >= 11 is 0. The summed E-state index contributed by atoms with van der Waals surface area (Å²) in [7, 11) is -3.52. The molecule has 0 bridgehead atoms. The number of hydrogen-bond donors (Lipinski definition) is 1. The predicted molar refractivity (Wildman–Crippen MR) is 45.7 cm³/mol. The molecule has 0 aliphatic rings. The van der Waals surface area contributed by atoms with E-state index in [-0.39, 0.29) is 11.4 Å². The van der Waals surface area contributed by atoms with E-state index in [2.05, 4.69) is 4.74 Å². The molecule has 0 saturated carbocycles. The van der Waals surface area contributed by atoms with Crippen molar-refractivity contribution in [1.29, 1.82) is 0 Å². The summed E-state index contributed by atoms with van der Waals surface area (Å²) in [6.07, 6.45) is 0. The van der Waals surface area contributed by atoms with E-state index in [0.29, 0.717) is 0 Å². The van der Waals surface area contributed by atoms with E-state index in [1.807, 2.05) is 0 Å². The monoisotopic (exact) mass is 205 g/mol. The molecule has 0 spiro atoms. The lowest BCUT2D eigenvalue weighted by molar-refractivity contribution is 0.401. The zero-order chi connectivity index (χ0) is 10.1. The molecular formula is C7H8FNO3S. The molecule has 1 aromatic carbocycles. The summed E-state index contributed by atoms with van der Waals surface area (Å²) in [6, 6.07) is 3.73. The number of nitrogen functional groups attached to an aromatic ring is 1. The SMILES string of the molecule is COc1ccc(N)cc1S(=O)(=O)F. The summed E-state index contributed by atoms with van der Waals surface area (Å²) in [6.45, 7) is 0. The molecule has 0 heterocycles. The van der Waals surface area contributed by atoms with Crippen LogP contribution in [0.5, 0.6) is 5.75 Å². The van der Waals surface area contributed by atoms with Crippen LogP contribution in [0.3, 0.4) is 0 Å². The smallest absolute Gasteiger partial charge is 0.335 e. The molecule has 1 aromatic rings. The van der Waals surface area contributed by atoms with Crippen LogP contribution in [-0.2, 0) is 10.2 Å². The number of halogens is 1. The highest BCUT2D eigenvalue weighted by molar-refractivity contribution is 7.86. The van der Waals surface area contributed by atoms with Crippen molar-refractivity contribution in [2.45, 2.75) is 4.90 Å². The normalized spacial score (nSPS) is 11.2. The van der Waals surface area contributed by atoms with Gasteiger partial charge in [-0.1, -0.05) is 0 Å². The fraction of sp³-hybridized carbons (Fsp3) is 0.143. The Morgan fingerprint density at radius 1 is 1.46 bits per heavy atom. The van der Waals surface area contributed by atoms with Crippen molar-refractivity contribution in [2.75, 3.05) is 12.8 Å². The van der Waals surface area contributed by atoms with Gasteiger partial charge in [0, 0.05) is 5.69 Å². The highest BCUT2D eigenvalue weighted by Crippen LogP contribution is 2.26. The maximum Gasteiger partial charge on any atom is 0.335 e. The van der Waals surface area contributed by atoms with Crippen molar-refractivity contribution < 1.29 is 17.0 Å². The third kappa shape index (κ3) is 2.09. The Morgan fingerprint density at radius 3 is 2.54 bits per heavy atom.